The number of esters is 1. The van der Waals surface area contributed by atoms with E-state index in [1.165, 1.54) is 0 Å². The molecule has 0 unspecified atom stereocenters. The van der Waals surface area contributed by atoms with Gasteiger partial charge in [0.05, 0.1) is 16.9 Å². The van der Waals surface area contributed by atoms with Crippen molar-refractivity contribution in [3.63, 3.8) is 0 Å². The zero-order valence-corrected chi connectivity index (χ0v) is 17.5. The quantitative estimate of drug-likeness (QED) is 0.325. The molecule has 1 aliphatic heterocycles. The summed E-state index contributed by atoms with van der Waals surface area (Å²) in [5.41, 5.74) is 2.82. The summed E-state index contributed by atoms with van der Waals surface area (Å²) >= 11 is 0. The molecule has 0 N–H and O–H groups in total. The van der Waals surface area contributed by atoms with Crippen molar-refractivity contribution in [1.82, 2.24) is 9.55 Å². The maximum atomic E-state index is 13.0. The standard InChI is InChI=1S/C28H18N2O3/c31-28(20-12-14-29-15-13-20)33-27-23-11-6-16-30(23)24-17-21-9-4-5-10-22(21)18-25(24)32-26(27)19-7-2-1-3-8-19/h1-18H. The summed E-state index contributed by atoms with van der Waals surface area (Å²) in [4.78, 5) is 17.0. The van der Waals surface area contributed by atoms with E-state index in [1.807, 2.05) is 71.4 Å². The highest BCUT2D eigenvalue weighted by atomic mass is 16.6. The fraction of sp³-hybridized carbons (Fsp3) is 0. The summed E-state index contributed by atoms with van der Waals surface area (Å²) in [6.07, 6.45) is 5.08. The molecular weight excluding hydrogens is 412 g/mol. The van der Waals surface area contributed by atoms with E-state index < -0.39 is 5.97 Å². The Labute approximate surface area is 190 Å². The van der Waals surface area contributed by atoms with E-state index in [0.29, 0.717) is 22.8 Å². The normalized spacial score (nSPS) is 12.5. The molecule has 5 heteroatoms. The number of carbonyl (C=O) groups is 1. The SMILES string of the molecule is O=C(OC1=C(c2ccccc2)Oc2cc3ccccc3cc2-n2cccc21)c1ccncc1. The van der Waals surface area contributed by atoms with E-state index in [-0.39, 0.29) is 0 Å². The van der Waals surface area contributed by atoms with Crippen molar-refractivity contribution in [1.29, 1.82) is 0 Å². The topological polar surface area (TPSA) is 53.4 Å². The highest BCUT2D eigenvalue weighted by Crippen LogP contribution is 2.40. The second-order valence-corrected chi connectivity index (χ2v) is 7.68. The van der Waals surface area contributed by atoms with Gasteiger partial charge in [-0.2, -0.15) is 0 Å². The summed E-state index contributed by atoms with van der Waals surface area (Å²) in [6, 6.07) is 29.0. The predicted molar refractivity (Wildman–Crippen MR) is 127 cm³/mol. The first-order valence-corrected chi connectivity index (χ1v) is 10.6. The van der Waals surface area contributed by atoms with Crippen LogP contribution in [0.2, 0.25) is 0 Å². The van der Waals surface area contributed by atoms with Gasteiger partial charge in [-0.15, -0.1) is 0 Å². The molecule has 0 atom stereocenters. The number of benzene rings is 3. The second-order valence-electron chi connectivity index (χ2n) is 7.68. The van der Waals surface area contributed by atoms with Crippen LogP contribution in [0.15, 0.2) is 110 Å². The van der Waals surface area contributed by atoms with Crippen LogP contribution in [0.3, 0.4) is 0 Å². The van der Waals surface area contributed by atoms with E-state index in [9.17, 15) is 4.79 Å². The Bertz CT molecular complexity index is 1520. The molecule has 2 aromatic heterocycles. The molecule has 158 valence electrons. The molecule has 3 heterocycles. The van der Waals surface area contributed by atoms with Gasteiger partial charge in [0.1, 0.15) is 0 Å². The van der Waals surface area contributed by atoms with Gasteiger partial charge in [0.15, 0.2) is 17.3 Å². The Morgan fingerprint density at radius 1 is 0.818 bits per heavy atom. The minimum Gasteiger partial charge on any atom is -0.450 e. The van der Waals surface area contributed by atoms with Gasteiger partial charge in [0.2, 0.25) is 0 Å². The molecule has 0 aliphatic carbocycles. The van der Waals surface area contributed by atoms with Gasteiger partial charge in [-0.1, -0.05) is 54.6 Å². The predicted octanol–water partition coefficient (Wildman–Crippen LogP) is 6.10. The third kappa shape index (κ3) is 3.36. The van der Waals surface area contributed by atoms with Gasteiger partial charge in [-0.3, -0.25) is 4.98 Å². The van der Waals surface area contributed by atoms with E-state index >= 15 is 0 Å². The first-order valence-electron chi connectivity index (χ1n) is 10.6. The van der Waals surface area contributed by atoms with Crippen LogP contribution >= 0.6 is 0 Å². The van der Waals surface area contributed by atoms with Crippen LogP contribution in [0.1, 0.15) is 21.6 Å². The molecule has 1 aliphatic rings. The van der Waals surface area contributed by atoms with Crippen LogP contribution in [0.25, 0.3) is 28.0 Å². The molecule has 0 radical (unpaired) electrons. The number of aromatic nitrogens is 2. The lowest BCUT2D eigenvalue weighted by molar-refractivity contribution is 0.0689. The molecule has 0 saturated carbocycles. The fourth-order valence-corrected chi connectivity index (χ4v) is 4.04. The van der Waals surface area contributed by atoms with E-state index in [0.717, 1.165) is 27.7 Å². The third-order valence-electron chi connectivity index (χ3n) is 5.63. The average molecular weight is 430 g/mol. The molecule has 3 aromatic carbocycles. The third-order valence-corrected chi connectivity index (χ3v) is 5.63. The van der Waals surface area contributed by atoms with Gasteiger partial charge in [-0.25, -0.2) is 4.79 Å². The van der Waals surface area contributed by atoms with Crippen LogP contribution in [-0.4, -0.2) is 15.5 Å². The van der Waals surface area contributed by atoms with E-state index in [4.69, 9.17) is 9.47 Å². The number of rotatable bonds is 3. The summed E-state index contributed by atoms with van der Waals surface area (Å²) in [5.74, 6) is 1.04. The Balaban J connectivity index is 1.58. The number of carbonyl (C=O) groups excluding carboxylic acids is 1. The first-order chi connectivity index (χ1) is 16.3. The van der Waals surface area contributed by atoms with Crippen LogP contribution in [-0.2, 0) is 4.74 Å². The average Bonchev–Trinajstić information content (AvgIpc) is 3.32. The lowest BCUT2D eigenvalue weighted by Gasteiger charge is -2.14. The summed E-state index contributed by atoms with van der Waals surface area (Å²) in [6.45, 7) is 0. The lowest BCUT2D eigenvalue weighted by atomic mass is 10.1. The van der Waals surface area contributed by atoms with Crippen molar-refractivity contribution in [2.45, 2.75) is 0 Å². The van der Waals surface area contributed by atoms with Gasteiger partial charge >= 0.3 is 5.97 Å². The molecule has 5 nitrogen and oxygen atoms in total. The van der Waals surface area contributed by atoms with Crippen molar-refractivity contribution in [2.75, 3.05) is 0 Å². The minimum absolute atomic E-state index is 0.355. The molecule has 0 amide bonds. The number of ether oxygens (including phenoxy) is 2. The molecule has 0 bridgehead atoms. The van der Waals surface area contributed by atoms with E-state index in [2.05, 4.69) is 23.2 Å². The van der Waals surface area contributed by atoms with Crippen molar-refractivity contribution < 1.29 is 14.3 Å². The fourth-order valence-electron chi connectivity index (χ4n) is 4.04. The molecule has 0 fully saturated rings. The summed E-state index contributed by atoms with van der Waals surface area (Å²) < 4.78 is 14.5. The Morgan fingerprint density at radius 3 is 2.33 bits per heavy atom. The van der Waals surface area contributed by atoms with Crippen molar-refractivity contribution in [2.24, 2.45) is 0 Å². The second kappa shape index (κ2) is 7.80. The van der Waals surface area contributed by atoms with Crippen LogP contribution in [0.5, 0.6) is 5.75 Å². The maximum absolute atomic E-state index is 13.0. The molecule has 5 aromatic rings. The zero-order valence-electron chi connectivity index (χ0n) is 17.5. The summed E-state index contributed by atoms with van der Waals surface area (Å²) in [5, 5.41) is 2.16. The molecule has 0 saturated heterocycles. The number of hydrogen-bond donors (Lipinski definition) is 0. The van der Waals surface area contributed by atoms with Gasteiger partial charge in [0, 0.05) is 24.2 Å². The maximum Gasteiger partial charge on any atom is 0.343 e. The number of nitrogens with zero attached hydrogens (tertiary/aromatic N) is 2. The molecular formula is C28H18N2O3. The minimum atomic E-state index is -0.478. The highest BCUT2D eigenvalue weighted by molar-refractivity contribution is 5.98. The smallest absolute Gasteiger partial charge is 0.343 e. The van der Waals surface area contributed by atoms with Crippen molar-refractivity contribution in [3.8, 4) is 11.4 Å². The van der Waals surface area contributed by atoms with Crippen LogP contribution in [0, 0.1) is 0 Å². The van der Waals surface area contributed by atoms with Crippen molar-refractivity contribution >= 4 is 28.3 Å². The number of pyridine rings is 1. The van der Waals surface area contributed by atoms with Gasteiger partial charge in [-0.05, 0) is 47.2 Å². The molecule has 0 spiro atoms. The zero-order chi connectivity index (χ0) is 22.2. The first kappa shape index (κ1) is 19.1. The Morgan fingerprint density at radius 2 is 1.55 bits per heavy atom. The summed E-state index contributed by atoms with van der Waals surface area (Å²) in [7, 11) is 0. The Hall–Kier alpha value is -4.64. The molecule has 6 rings (SSSR count). The lowest BCUT2D eigenvalue weighted by Crippen LogP contribution is -2.09. The number of hydrogen-bond acceptors (Lipinski definition) is 4. The number of fused-ring (bicyclic) bond motifs is 4. The van der Waals surface area contributed by atoms with Gasteiger partial charge in [0.25, 0.3) is 0 Å². The Kier molecular flexibility index (Phi) is 4.51. The van der Waals surface area contributed by atoms with Gasteiger partial charge < -0.3 is 14.0 Å². The monoisotopic (exact) mass is 430 g/mol. The van der Waals surface area contributed by atoms with Crippen LogP contribution < -0.4 is 4.74 Å². The highest BCUT2D eigenvalue weighted by Gasteiger charge is 2.27. The van der Waals surface area contributed by atoms with E-state index in [1.54, 1.807) is 24.5 Å². The van der Waals surface area contributed by atoms with Crippen molar-refractivity contribution in [3.05, 3.63) is 126 Å². The largest absolute Gasteiger partial charge is 0.450 e. The van der Waals surface area contributed by atoms with Crippen LogP contribution in [0.4, 0.5) is 0 Å². The molecule has 33 heavy (non-hydrogen) atoms.